The first-order valence-electron chi connectivity index (χ1n) is 8.90. The van der Waals surface area contributed by atoms with Crippen molar-refractivity contribution in [2.75, 3.05) is 7.11 Å². The van der Waals surface area contributed by atoms with Crippen molar-refractivity contribution in [1.29, 1.82) is 0 Å². The van der Waals surface area contributed by atoms with Gasteiger partial charge in [0.25, 0.3) is 0 Å². The molecule has 0 aliphatic heterocycles. The van der Waals surface area contributed by atoms with Crippen LogP contribution in [0.1, 0.15) is 40.9 Å². The molecule has 140 valence electrons. The zero-order chi connectivity index (χ0) is 19.4. The van der Waals surface area contributed by atoms with Gasteiger partial charge in [-0.15, -0.1) is 0 Å². The highest BCUT2D eigenvalue weighted by Gasteiger charge is 2.20. The molecule has 0 radical (unpaired) electrons. The van der Waals surface area contributed by atoms with Crippen molar-refractivity contribution >= 4 is 6.09 Å². The Balaban J connectivity index is 1.77. The van der Waals surface area contributed by atoms with Gasteiger partial charge in [-0.25, -0.2) is 14.3 Å². The van der Waals surface area contributed by atoms with Gasteiger partial charge in [0.1, 0.15) is 18.2 Å². The van der Waals surface area contributed by atoms with Crippen LogP contribution >= 0.6 is 0 Å². The van der Waals surface area contributed by atoms with Gasteiger partial charge in [0.15, 0.2) is 0 Å². The fraction of sp³-hybridized carbons (Fsp3) is 0.273. The minimum atomic E-state index is -0.442. The minimum absolute atomic E-state index is 0.0238. The number of ether oxygens (including phenoxy) is 2. The number of aryl methyl sites for hydroxylation is 1. The molecule has 5 nitrogen and oxygen atoms in total. The van der Waals surface area contributed by atoms with Gasteiger partial charge < -0.3 is 9.47 Å². The van der Waals surface area contributed by atoms with E-state index in [-0.39, 0.29) is 12.5 Å². The van der Waals surface area contributed by atoms with Crippen molar-refractivity contribution in [3.8, 4) is 5.75 Å². The number of carbonyl (C=O) groups excluding carboxylic acids is 1. The SMILES string of the molecule is COc1cccc(COC(=O)n2ccnc2[C@@H](C)c2cccc(C)c2C)c1. The minimum Gasteiger partial charge on any atom is -0.497 e. The Morgan fingerprint density at radius 3 is 2.74 bits per heavy atom. The summed E-state index contributed by atoms with van der Waals surface area (Å²) in [4.78, 5) is 17.0. The molecule has 3 aromatic rings. The van der Waals surface area contributed by atoms with Gasteiger partial charge in [-0.05, 0) is 48.2 Å². The van der Waals surface area contributed by atoms with Crippen LogP contribution < -0.4 is 4.74 Å². The van der Waals surface area contributed by atoms with Gasteiger partial charge in [0.05, 0.1) is 7.11 Å². The molecule has 0 N–H and O–H groups in total. The van der Waals surface area contributed by atoms with E-state index in [1.165, 1.54) is 15.7 Å². The molecule has 1 aromatic heterocycles. The van der Waals surface area contributed by atoms with E-state index in [2.05, 4.69) is 37.9 Å². The lowest BCUT2D eigenvalue weighted by Gasteiger charge is -2.17. The highest BCUT2D eigenvalue weighted by molar-refractivity contribution is 5.71. The van der Waals surface area contributed by atoms with Crippen LogP contribution in [0, 0.1) is 13.8 Å². The molecule has 0 bridgehead atoms. The second-order valence-electron chi connectivity index (χ2n) is 6.57. The average Bonchev–Trinajstić information content (AvgIpc) is 3.18. The normalized spacial score (nSPS) is 11.9. The molecule has 0 saturated carbocycles. The average molecular weight is 364 g/mol. The first kappa shape index (κ1) is 18.7. The van der Waals surface area contributed by atoms with Crippen LogP contribution in [0.5, 0.6) is 5.75 Å². The standard InChI is InChI=1S/C22H24N2O3/c1-15-7-5-10-20(16(15)2)17(3)21-23-11-12-24(21)22(25)27-14-18-8-6-9-19(13-18)26-4/h5-13,17H,14H2,1-4H3/t17-/m0/s1. The predicted molar refractivity (Wildman–Crippen MR) is 104 cm³/mol. The summed E-state index contributed by atoms with van der Waals surface area (Å²) in [5.41, 5.74) is 4.46. The Morgan fingerprint density at radius 2 is 1.96 bits per heavy atom. The number of rotatable bonds is 5. The number of nitrogens with zero attached hydrogens (tertiary/aromatic N) is 2. The Kier molecular flexibility index (Phi) is 5.60. The third kappa shape index (κ3) is 4.03. The number of aromatic nitrogens is 2. The maximum atomic E-state index is 12.6. The summed E-state index contributed by atoms with van der Waals surface area (Å²) in [5.74, 6) is 1.37. The van der Waals surface area contributed by atoms with E-state index in [1.54, 1.807) is 19.5 Å². The highest BCUT2D eigenvalue weighted by Crippen LogP contribution is 2.27. The van der Waals surface area contributed by atoms with Crippen LogP contribution in [0.2, 0.25) is 0 Å². The third-order valence-corrected chi connectivity index (χ3v) is 4.86. The van der Waals surface area contributed by atoms with Crippen molar-refractivity contribution in [2.45, 2.75) is 33.3 Å². The molecule has 5 heteroatoms. The van der Waals surface area contributed by atoms with E-state index in [9.17, 15) is 4.79 Å². The Bertz CT molecular complexity index is 946. The van der Waals surface area contributed by atoms with E-state index >= 15 is 0 Å². The van der Waals surface area contributed by atoms with E-state index in [0.717, 1.165) is 16.9 Å². The molecule has 0 aliphatic carbocycles. The van der Waals surface area contributed by atoms with Gasteiger partial charge in [0.2, 0.25) is 0 Å². The van der Waals surface area contributed by atoms with Crippen molar-refractivity contribution in [1.82, 2.24) is 9.55 Å². The molecule has 1 atom stereocenters. The lowest BCUT2D eigenvalue weighted by Crippen LogP contribution is -2.18. The Hall–Kier alpha value is -3.08. The number of benzene rings is 2. The van der Waals surface area contributed by atoms with Crippen molar-refractivity contribution in [3.63, 3.8) is 0 Å². The van der Waals surface area contributed by atoms with Crippen LogP contribution in [0.15, 0.2) is 54.9 Å². The van der Waals surface area contributed by atoms with Gasteiger partial charge in [0, 0.05) is 18.3 Å². The monoisotopic (exact) mass is 364 g/mol. The van der Waals surface area contributed by atoms with Crippen LogP contribution in [0.3, 0.4) is 0 Å². The van der Waals surface area contributed by atoms with Gasteiger partial charge in [-0.3, -0.25) is 0 Å². The predicted octanol–water partition coefficient (Wildman–Crippen LogP) is 4.85. The van der Waals surface area contributed by atoms with E-state index in [0.29, 0.717) is 5.82 Å². The van der Waals surface area contributed by atoms with Gasteiger partial charge >= 0.3 is 6.09 Å². The molecular weight excluding hydrogens is 340 g/mol. The molecule has 1 heterocycles. The van der Waals surface area contributed by atoms with Crippen molar-refractivity contribution < 1.29 is 14.3 Å². The Morgan fingerprint density at radius 1 is 1.19 bits per heavy atom. The van der Waals surface area contributed by atoms with E-state index in [4.69, 9.17) is 9.47 Å². The highest BCUT2D eigenvalue weighted by atomic mass is 16.5. The Labute approximate surface area is 159 Å². The summed E-state index contributed by atoms with van der Waals surface area (Å²) < 4.78 is 12.2. The van der Waals surface area contributed by atoms with Crippen LogP contribution in [-0.2, 0) is 11.3 Å². The summed E-state index contributed by atoms with van der Waals surface area (Å²) in [7, 11) is 1.61. The topological polar surface area (TPSA) is 53.4 Å². The molecular formula is C22H24N2O3. The fourth-order valence-corrected chi connectivity index (χ4v) is 3.15. The fourth-order valence-electron chi connectivity index (χ4n) is 3.15. The number of carbonyl (C=O) groups is 1. The first-order valence-corrected chi connectivity index (χ1v) is 8.90. The van der Waals surface area contributed by atoms with Crippen LogP contribution in [0.25, 0.3) is 0 Å². The molecule has 2 aromatic carbocycles. The summed E-state index contributed by atoms with van der Waals surface area (Å²) in [5, 5.41) is 0. The van der Waals surface area contributed by atoms with Crippen LogP contribution in [-0.4, -0.2) is 22.8 Å². The third-order valence-electron chi connectivity index (χ3n) is 4.86. The molecule has 3 rings (SSSR count). The second kappa shape index (κ2) is 8.08. The molecule has 0 amide bonds. The van der Waals surface area contributed by atoms with Crippen LogP contribution in [0.4, 0.5) is 4.79 Å². The zero-order valence-electron chi connectivity index (χ0n) is 16.1. The quantitative estimate of drug-likeness (QED) is 0.650. The second-order valence-corrected chi connectivity index (χ2v) is 6.57. The molecule has 0 aliphatic rings. The molecule has 0 fully saturated rings. The maximum Gasteiger partial charge on any atom is 0.419 e. The molecule has 0 saturated heterocycles. The lowest BCUT2D eigenvalue weighted by molar-refractivity contribution is 0.140. The van der Waals surface area contributed by atoms with Gasteiger partial charge in [-0.2, -0.15) is 0 Å². The van der Waals surface area contributed by atoms with Crippen molar-refractivity contribution in [2.24, 2.45) is 0 Å². The van der Waals surface area contributed by atoms with Gasteiger partial charge in [-0.1, -0.05) is 37.3 Å². The molecule has 0 unspecified atom stereocenters. The molecule has 27 heavy (non-hydrogen) atoms. The van der Waals surface area contributed by atoms with E-state index < -0.39 is 6.09 Å². The summed E-state index contributed by atoms with van der Waals surface area (Å²) in [6, 6.07) is 13.7. The lowest BCUT2D eigenvalue weighted by atomic mass is 9.93. The summed E-state index contributed by atoms with van der Waals surface area (Å²) in [6.45, 7) is 6.40. The largest absolute Gasteiger partial charge is 0.497 e. The summed E-state index contributed by atoms with van der Waals surface area (Å²) >= 11 is 0. The molecule has 0 spiro atoms. The maximum absolute atomic E-state index is 12.6. The smallest absolute Gasteiger partial charge is 0.419 e. The number of imidazole rings is 1. The first-order chi connectivity index (χ1) is 13.0. The van der Waals surface area contributed by atoms with E-state index in [1.807, 2.05) is 30.3 Å². The zero-order valence-corrected chi connectivity index (χ0v) is 16.1. The number of hydrogen-bond acceptors (Lipinski definition) is 4. The summed E-state index contributed by atoms with van der Waals surface area (Å²) in [6.07, 6.45) is 2.83. The number of methoxy groups -OCH3 is 1. The van der Waals surface area contributed by atoms with Crippen molar-refractivity contribution in [3.05, 3.63) is 82.9 Å². The number of hydrogen-bond donors (Lipinski definition) is 0.